The quantitative estimate of drug-likeness (QED) is 0.719. The van der Waals surface area contributed by atoms with E-state index in [9.17, 15) is 9.59 Å². The Labute approximate surface area is 138 Å². The first-order valence-corrected chi connectivity index (χ1v) is 8.07. The summed E-state index contributed by atoms with van der Waals surface area (Å²) in [6.07, 6.45) is 2.37. The summed E-state index contributed by atoms with van der Waals surface area (Å²) in [7, 11) is 5.36. The van der Waals surface area contributed by atoms with Crippen LogP contribution in [0.1, 0.15) is 58.8 Å². The Hall–Kier alpha value is -1.82. The van der Waals surface area contributed by atoms with E-state index in [0.29, 0.717) is 23.4 Å². The summed E-state index contributed by atoms with van der Waals surface area (Å²) in [6, 6.07) is 0.0598. The molecule has 1 aromatic heterocycles. The predicted octanol–water partition coefficient (Wildman–Crippen LogP) is 2.13. The molecule has 0 aromatic carbocycles. The number of carbonyl (C=O) groups is 2. The number of hydrogen-bond donors (Lipinski definition) is 2. The zero-order valence-electron chi connectivity index (χ0n) is 15.1. The number of nitrogens with one attached hydrogen (secondary N) is 2. The van der Waals surface area contributed by atoms with Gasteiger partial charge in [-0.2, -0.15) is 0 Å². The highest BCUT2D eigenvalue weighted by Crippen LogP contribution is 2.22. The molecule has 6 nitrogen and oxygen atoms in total. The highest BCUT2D eigenvalue weighted by atomic mass is 16.5. The number of carbonyl (C=O) groups excluding carboxylic acids is 2. The van der Waals surface area contributed by atoms with Crippen LogP contribution in [0.25, 0.3) is 0 Å². The number of nitrogens with zero attached hydrogens (tertiary/aromatic N) is 1. The maximum atomic E-state index is 12.6. The Morgan fingerprint density at radius 3 is 2.52 bits per heavy atom. The van der Waals surface area contributed by atoms with Crippen LogP contribution in [-0.4, -0.2) is 55.6 Å². The summed E-state index contributed by atoms with van der Waals surface area (Å²) in [5, 5.41) is 3.00. The summed E-state index contributed by atoms with van der Waals surface area (Å²) in [6.45, 7) is 6.70. The van der Waals surface area contributed by atoms with Gasteiger partial charge in [-0.1, -0.05) is 13.3 Å². The number of amides is 1. The third-order valence-corrected chi connectivity index (χ3v) is 3.79. The highest BCUT2D eigenvalue weighted by molar-refractivity contribution is 6.00. The van der Waals surface area contributed by atoms with Gasteiger partial charge in [0.1, 0.15) is 5.69 Å². The van der Waals surface area contributed by atoms with Crippen molar-refractivity contribution in [2.24, 2.45) is 0 Å². The van der Waals surface area contributed by atoms with Gasteiger partial charge < -0.3 is 19.9 Å². The van der Waals surface area contributed by atoms with Crippen LogP contribution in [0, 0.1) is 6.92 Å². The predicted molar refractivity (Wildman–Crippen MR) is 91.0 cm³/mol. The van der Waals surface area contributed by atoms with Crippen LogP contribution in [0.3, 0.4) is 0 Å². The molecule has 0 saturated carbocycles. The molecule has 1 aromatic rings. The van der Waals surface area contributed by atoms with Gasteiger partial charge in [-0.05, 0) is 52.9 Å². The van der Waals surface area contributed by atoms with Gasteiger partial charge in [0.25, 0.3) is 5.91 Å². The van der Waals surface area contributed by atoms with E-state index >= 15 is 0 Å². The molecule has 0 fully saturated rings. The van der Waals surface area contributed by atoms with Gasteiger partial charge in [-0.3, -0.25) is 4.79 Å². The second-order valence-electron chi connectivity index (χ2n) is 6.19. The lowest BCUT2D eigenvalue weighted by molar-refractivity contribution is 0.0599. The average Bonchev–Trinajstić information content (AvgIpc) is 2.81. The van der Waals surface area contributed by atoms with E-state index in [4.69, 9.17) is 4.74 Å². The lowest BCUT2D eigenvalue weighted by Crippen LogP contribution is -2.35. The van der Waals surface area contributed by atoms with Gasteiger partial charge in [0.2, 0.25) is 0 Å². The first-order valence-electron chi connectivity index (χ1n) is 8.07. The van der Waals surface area contributed by atoms with Gasteiger partial charge >= 0.3 is 5.97 Å². The first kappa shape index (κ1) is 19.2. The molecule has 0 radical (unpaired) electrons. The Kier molecular flexibility index (Phi) is 7.29. The minimum absolute atomic E-state index is 0.0598. The minimum Gasteiger partial charge on any atom is -0.465 e. The Morgan fingerprint density at radius 1 is 1.35 bits per heavy atom. The van der Waals surface area contributed by atoms with Crippen LogP contribution in [0.15, 0.2) is 0 Å². The van der Waals surface area contributed by atoms with Crippen molar-refractivity contribution in [3.63, 3.8) is 0 Å². The molecule has 1 amide bonds. The minimum atomic E-state index is -0.401. The highest BCUT2D eigenvalue weighted by Gasteiger charge is 2.25. The topological polar surface area (TPSA) is 74.4 Å². The Balaban J connectivity index is 2.98. The van der Waals surface area contributed by atoms with Crippen molar-refractivity contribution in [3.05, 3.63) is 22.5 Å². The summed E-state index contributed by atoms with van der Waals surface area (Å²) in [5.74, 6) is -0.570. The Morgan fingerprint density at radius 2 is 2.00 bits per heavy atom. The van der Waals surface area contributed by atoms with Crippen molar-refractivity contribution in [2.45, 2.75) is 46.1 Å². The van der Waals surface area contributed by atoms with E-state index in [-0.39, 0.29) is 11.9 Å². The standard InChI is InChI=1S/C17H29N3O3/c1-7-8-13-14(17(22)23-6)12(3)19-15(13)16(21)18-11(2)9-10-20(4)5/h11,19H,7-10H2,1-6H3,(H,18,21). The van der Waals surface area contributed by atoms with Crippen LogP contribution >= 0.6 is 0 Å². The summed E-state index contributed by atoms with van der Waals surface area (Å²) >= 11 is 0. The Bertz CT molecular complexity index is 550. The molecule has 1 atom stereocenters. The van der Waals surface area contributed by atoms with Crippen LogP contribution in [0.5, 0.6) is 0 Å². The van der Waals surface area contributed by atoms with Gasteiger partial charge in [-0.25, -0.2) is 4.79 Å². The fourth-order valence-electron chi connectivity index (χ4n) is 2.57. The molecule has 0 aliphatic rings. The van der Waals surface area contributed by atoms with E-state index in [1.165, 1.54) is 7.11 Å². The molecule has 1 rings (SSSR count). The second kappa shape index (κ2) is 8.72. The van der Waals surface area contributed by atoms with Crippen LogP contribution < -0.4 is 5.32 Å². The molecule has 0 aliphatic heterocycles. The number of aryl methyl sites for hydroxylation is 1. The van der Waals surface area contributed by atoms with Gasteiger partial charge in [-0.15, -0.1) is 0 Å². The number of aromatic amines is 1. The summed E-state index contributed by atoms with van der Waals surface area (Å²) in [4.78, 5) is 29.7. The summed E-state index contributed by atoms with van der Waals surface area (Å²) in [5.41, 5.74) is 2.38. The van der Waals surface area contributed by atoms with E-state index in [1.54, 1.807) is 6.92 Å². The third kappa shape index (κ3) is 5.10. The van der Waals surface area contributed by atoms with E-state index in [1.807, 2.05) is 27.9 Å². The molecule has 23 heavy (non-hydrogen) atoms. The average molecular weight is 323 g/mol. The molecule has 2 N–H and O–H groups in total. The van der Waals surface area contributed by atoms with Gasteiger partial charge in [0.05, 0.1) is 12.7 Å². The van der Waals surface area contributed by atoms with Crippen LogP contribution in [0.2, 0.25) is 0 Å². The number of ether oxygens (including phenoxy) is 1. The monoisotopic (exact) mass is 323 g/mol. The number of methoxy groups -OCH3 is 1. The zero-order chi connectivity index (χ0) is 17.6. The molecule has 1 unspecified atom stereocenters. The lowest BCUT2D eigenvalue weighted by Gasteiger charge is -2.17. The largest absolute Gasteiger partial charge is 0.465 e. The molecule has 0 saturated heterocycles. The molecule has 0 aliphatic carbocycles. The normalized spacial score (nSPS) is 12.3. The van der Waals surface area contributed by atoms with Gasteiger partial charge in [0, 0.05) is 11.7 Å². The molecular formula is C17H29N3O3. The fraction of sp³-hybridized carbons (Fsp3) is 0.647. The van der Waals surface area contributed by atoms with Crippen molar-refractivity contribution in [1.29, 1.82) is 0 Å². The van der Waals surface area contributed by atoms with E-state index < -0.39 is 5.97 Å². The SMILES string of the molecule is CCCc1c(C(=O)NC(C)CCN(C)C)[nH]c(C)c1C(=O)OC. The van der Waals surface area contributed by atoms with Crippen molar-refractivity contribution in [1.82, 2.24) is 15.2 Å². The number of aromatic nitrogens is 1. The third-order valence-electron chi connectivity index (χ3n) is 3.79. The maximum Gasteiger partial charge on any atom is 0.339 e. The summed E-state index contributed by atoms with van der Waals surface area (Å²) < 4.78 is 4.85. The number of hydrogen-bond acceptors (Lipinski definition) is 4. The first-order chi connectivity index (χ1) is 10.8. The number of H-pyrrole nitrogens is 1. The smallest absolute Gasteiger partial charge is 0.339 e. The molecule has 0 spiro atoms. The van der Waals surface area contributed by atoms with Crippen molar-refractivity contribution in [2.75, 3.05) is 27.7 Å². The second-order valence-corrected chi connectivity index (χ2v) is 6.19. The number of esters is 1. The molecule has 130 valence electrons. The van der Waals surface area contributed by atoms with Crippen LogP contribution in [0.4, 0.5) is 0 Å². The van der Waals surface area contributed by atoms with Crippen LogP contribution in [-0.2, 0) is 11.2 Å². The fourth-order valence-corrected chi connectivity index (χ4v) is 2.57. The molecule has 1 heterocycles. The van der Waals surface area contributed by atoms with Crippen molar-refractivity contribution < 1.29 is 14.3 Å². The molecule has 6 heteroatoms. The lowest BCUT2D eigenvalue weighted by atomic mass is 10.0. The van der Waals surface area contributed by atoms with E-state index in [2.05, 4.69) is 15.2 Å². The van der Waals surface area contributed by atoms with Crippen molar-refractivity contribution in [3.8, 4) is 0 Å². The number of rotatable bonds is 8. The molecule has 0 bridgehead atoms. The molecular weight excluding hydrogens is 294 g/mol. The zero-order valence-corrected chi connectivity index (χ0v) is 15.1. The van der Waals surface area contributed by atoms with E-state index in [0.717, 1.165) is 24.9 Å². The van der Waals surface area contributed by atoms with Crippen molar-refractivity contribution >= 4 is 11.9 Å². The van der Waals surface area contributed by atoms with Gasteiger partial charge in [0.15, 0.2) is 0 Å². The maximum absolute atomic E-state index is 12.6.